The van der Waals surface area contributed by atoms with Crippen molar-refractivity contribution in [3.05, 3.63) is 54.1 Å². The highest BCUT2D eigenvalue weighted by molar-refractivity contribution is 5.87. The highest BCUT2D eigenvalue weighted by atomic mass is 16.5. The predicted octanol–water partition coefficient (Wildman–Crippen LogP) is 4.23. The quantitative estimate of drug-likeness (QED) is 0.422. The van der Waals surface area contributed by atoms with Gasteiger partial charge in [-0.2, -0.15) is 0 Å². The lowest BCUT2D eigenvalue weighted by Crippen LogP contribution is -2.57. The molecule has 2 fully saturated rings. The first-order chi connectivity index (χ1) is 18.1. The number of rotatable bonds is 11. The number of urea groups is 1. The van der Waals surface area contributed by atoms with Crippen molar-refractivity contribution in [2.45, 2.75) is 82.8 Å². The van der Waals surface area contributed by atoms with E-state index in [0.717, 1.165) is 37.1 Å². The standard InChI is InChI=1S/C29H43N5O3/c1-2-19-37-29(24-11-7-4-8-12-24)14-17-34(18-15-29)27(35)26(20-23-9-5-3-6-10-23)33-28(36)31-16-13-25-21-30-22-32-25/h3,5-6,9-10,21-22,24,26H,2,4,7-8,11-20H2,1H3,(H,30,32)(H2,31,33,36)/t26-/m1/s1. The summed E-state index contributed by atoms with van der Waals surface area (Å²) in [5.74, 6) is 0.573. The number of nitrogens with zero attached hydrogens (tertiary/aromatic N) is 2. The predicted molar refractivity (Wildman–Crippen MR) is 144 cm³/mol. The number of benzene rings is 1. The monoisotopic (exact) mass is 509 g/mol. The van der Waals surface area contributed by atoms with Gasteiger partial charge in [-0.1, -0.05) is 56.5 Å². The van der Waals surface area contributed by atoms with Crippen LogP contribution in [0.1, 0.15) is 69.5 Å². The number of hydrogen-bond acceptors (Lipinski definition) is 4. The van der Waals surface area contributed by atoms with E-state index in [4.69, 9.17) is 4.74 Å². The number of nitrogens with one attached hydrogen (secondary N) is 3. The molecule has 8 nitrogen and oxygen atoms in total. The van der Waals surface area contributed by atoms with Crippen LogP contribution in [0.5, 0.6) is 0 Å². The second-order valence-electron chi connectivity index (χ2n) is 10.5. The Bertz CT molecular complexity index is 951. The van der Waals surface area contributed by atoms with Crippen LogP contribution in [0.25, 0.3) is 0 Å². The normalized spacial score (nSPS) is 18.8. The van der Waals surface area contributed by atoms with E-state index in [9.17, 15) is 9.59 Å². The van der Waals surface area contributed by atoms with Crippen LogP contribution in [0.15, 0.2) is 42.9 Å². The first kappa shape index (κ1) is 27.2. The molecule has 0 bridgehead atoms. The topological polar surface area (TPSA) is 99.3 Å². The SMILES string of the molecule is CCCOC1(C2CCCCC2)CCN(C(=O)[C@@H](Cc2ccccc2)NC(=O)NCCc2cnc[nH]2)CC1. The third kappa shape index (κ3) is 7.57. The molecule has 37 heavy (non-hydrogen) atoms. The van der Waals surface area contributed by atoms with Crippen molar-refractivity contribution >= 4 is 11.9 Å². The van der Waals surface area contributed by atoms with E-state index < -0.39 is 6.04 Å². The Morgan fingerprint density at radius 1 is 1.16 bits per heavy atom. The highest BCUT2D eigenvalue weighted by Gasteiger charge is 2.44. The zero-order chi connectivity index (χ0) is 25.9. The van der Waals surface area contributed by atoms with Crippen molar-refractivity contribution in [1.29, 1.82) is 0 Å². The van der Waals surface area contributed by atoms with Gasteiger partial charge in [0.05, 0.1) is 11.9 Å². The molecule has 8 heteroatoms. The summed E-state index contributed by atoms with van der Waals surface area (Å²) in [5, 5.41) is 5.85. The van der Waals surface area contributed by atoms with Gasteiger partial charge < -0.3 is 25.3 Å². The van der Waals surface area contributed by atoms with E-state index in [-0.39, 0.29) is 17.5 Å². The van der Waals surface area contributed by atoms with Gasteiger partial charge in [0.25, 0.3) is 0 Å². The Morgan fingerprint density at radius 3 is 2.59 bits per heavy atom. The molecule has 1 aromatic carbocycles. The Morgan fingerprint density at radius 2 is 1.92 bits per heavy atom. The number of carbonyl (C=O) groups is 2. The molecular formula is C29H43N5O3. The summed E-state index contributed by atoms with van der Waals surface area (Å²) in [6.07, 6.45) is 13.6. The molecule has 0 spiro atoms. The molecule has 2 heterocycles. The molecule has 4 rings (SSSR count). The summed E-state index contributed by atoms with van der Waals surface area (Å²) < 4.78 is 6.56. The summed E-state index contributed by atoms with van der Waals surface area (Å²) in [5.41, 5.74) is 1.87. The molecule has 1 saturated carbocycles. The third-order valence-electron chi connectivity index (χ3n) is 7.99. The van der Waals surface area contributed by atoms with Crippen LogP contribution in [0, 0.1) is 5.92 Å². The van der Waals surface area contributed by atoms with Gasteiger partial charge in [-0.15, -0.1) is 0 Å². The maximum absolute atomic E-state index is 13.7. The largest absolute Gasteiger partial charge is 0.375 e. The fourth-order valence-electron chi connectivity index (χ4n) is 5.92. The first-order valence-electron chi connectivity index (χ1n) is 14.1. The fraction of sp³-hybridized carbons (Fsp3) is 0.621. The molecule has 2 aromatic rings. The molecule has 1 atom stereocenters. The summed E-state index contributed by atoms with van der Waals surface area (Å²) in [6.45, 7) is 4.75. The van der Waals surface area contributed by atoms with Crippen LogP contribution < -0.4 is 10.6 Å². The van der Waals surface area contributed by atoms with E-state index >= 15 is 0 Å². The number of aromatic amines is 1. The van der Waals surface area contributed by atoms with Gasteiger partial charge >= 0.3 is 6.03 Å². The molecule has 1 aliphatic carbocycles. The van der Waals surface area contributed by atoms with Gasteiger partial charge in [-0.05, 0) is 43.6 Å². The van der Waals surface area contributed by atoms with Crippen molar-refractivity contribution in [3.8, 4) is 0 Å². The highest BCUT2D eigenvalue weighted by Crippen LogP contribution is 2.42. The van der Waals surface area contributed by atoms with E-state index in [1.807, 2.05) is 35.2 Å². The van der Waals surface area contributed by atoms with Gasteiger partial charge in [-0.25, -0.2) is 9.78 Å². The van der Waals surface area contributed by atoms with E-state index in [2.05, 4.69) is 27.5 Å². The molecule has 1 aromatic heterocycles. The number of hydrogen-bond donors (Lipinski definition) is 3. The maximum Gasteiger partial charge on any atom is 0.315 e. The molecule has 3 N–H and O–H groups in total. The minimum absolute atomic E-state index is 0.0136. The average molecular weight is 510 g/mol. The van der Waals surface area contributed by atoms with Crippen molar-refractivity contribution in [2.75, 3.05) is 26.2 Å². The van der Waals surface area contributed by atoms with E-state index in [0.29, 0.717) is 38.4 Å². The molecule has 1 aliphatic heterocycles. The zero-order valence-electron chi connectivity index (χ0n) is 22.2. The van der Waals surface area contributed by atoms with E-state index in [1.54, 1.807) is 12.5 Å². The summed E-state index contributed by atoms with van der Waals surface area (Å²) in [7, 11) is 0. The second kappa shape index (κ2) is 13.6. The minimum atomic E-state index is -0.617. The van der Waals surface area contributed by atoms with Crippen molar-refractivity contribution in [1.82, 2.24) is 25.5 Å². The van der Waals surface area contributed by atoms with Gasteiger partial charge in [0, 0.05) is 51.0 Å². The smallest absolute Gasteiger partial charge is 0.315 e. The summed E-state index contributed by atoms with van der Waals surface area (Å²) in [4.78, 5) is 35.5. The lowest BCUT2D eigenvalue weighted by molar-refractivity contribution is -0.149. The average Bonchev–Trinajstić information content (AvgIpc) is 3.46. The Labute approximate surface area is 221 Å². The van der Waals surface area contributed by atoms with Crippen LogP contribution >= 0.6 is 0 Å². The van der Waals surface area contributed by atoms with Crippen LogP contribution in [0.4, 0.5) is 4.79 Å². The van der Waals surface area contributed by atoms with Crippen molar-refractivity contribution in [3.63, 3.8) is 0 Å². The van der Waals surface area contributed by atoms with Crippen molar-refractivity contribution in [2.24, 2.45) is 5.92 Å². The molecule has 1 saturated heterocycles. The third-order valence-corrected chi connectivity index (χ3v) is 7.99. The number of carbonyl (C=O) groups excluding carboxylic acids is 2. The van der Waals surface area contributed by atoms with Gasteiger partial charge in [0.2, 0.25) is 5.91 Å². The van der Waals surface area contributed by atoms with Gasteiger partial charge in [0.15, 0.2) is 0 Å². The molecule has 0 radical (unpaired) electrons. The van der Waals surface area contributed by atoms with E-state index in [1.165, 1.54) is 32.1 Å². The number of piperidine rings is 1. The van der Waals surface area contributed by atoms with Gasteiger partial charge in [-0.3, -0.25) is 4.79 Å². The summed E-state index contributed by atoms with van der Waals surface area (Å²) >= 11 is 0. The van der Waals surface area contributed by atoms with Crippen molar-refractivity contribution < 1.29 is 14.3 Å². The Hall–Kier alpha value is -2.87. The zero-order valence-corrected chi connectivity index (χ0v) is 22.2. The molecule has 3 amide bonds. The number of amides is 3. The van der Waals surface area contributed by atoms with Gasteiger partial charge in [0.1, 0.15) is 6.04 Å². The first-order valence-corrected chi connectivity index (χ1v) is 14.1. The number of ether oxygens (including phenoxy) is 1. The van der Waals surface area contributed by atoms with Crippen LogP contribution in [0.2, 0.25) is 0 Å². The summed E-state index contributed by atoms with van der Waals surface area (Å²) in [6, 6.07) is 8.95. The Balaban J connectivity index is 1.38. The number of H-pyrrole nitrogens is 1. The molecule has 0 unspecified atom stereocenters. The fourth-order valence-corrected chi connectivity index (χ4v) is 5.92. The molecule has 2 aliphatic rings. The second-order valence-corrected chi connectivity index (χ2v) is 10.5. The Kier molecular flexibility index (Phi) is 9.99. The maximum atomic E-state index is 13.7. The number of aromatic nitrogens is 2. The lowest BCUT2D eigenvalue weighted by Gasteiger charge is -2.48. The van der Waals surface area contributed by atoms with Crippen LogP contribution in [0.3, 0.4) is 0 Å². The number of likely N-dealkylation sites (tertiary alicyclic amines) is 1. The lowest BCUT2D eigenvalue weighted by atomic mass is 9.72. The molecule has 202 valence electrons. The van der Waals surface area contributed by atoms with Crippen LogP contribution in [-0.4, -0.2) is 64.7 Å². The van der Waals surface area contributed by atoms with Crippen LogP contribution in [-0.2, 0) is 22.4 Å². The number of imidazole rings is 1. The minimum Gasteiger partial charge on any atom is -0.375 e. The molecular weight excluding hydrogens is 466 g/mol.